The molecule has 0 radical (unpaired) electrons. The predicted octanol–water partition coefficient (Wildman–Crippen LogP) is 1.41. The van der Waals surface area contributed by atoms with E-state index in [1.165, 1.54) is 0 Å². The minimum atomic E-state index is -4.20. The van der Waals surface area contributed by atoms with Gasteiger partial charge in [0.15, 0.2) is 0 Å². The Labute approximate surface area is 101 Å². The molecule has 1 saturated heterocycles. The van der Waals surface area contributed by atoms with E-state index < -0.39 is 17.6 Å². The summed E-state index contributed by atoms with van der Waals surface area (Å²) in [5.74, 6) is -0.995. The van der Waals surface area contributed by atoms with Gasteiger partial charge in [0.05, 0.1) is 19.1 Å². The first kappa shape index (κ1) is 14.6. The van der Waals surface area contributed by atoms with Crippen molar-refractivity contribution in [1.82, 2.24) is 4.90 Å². The van der Waals surface area contributed by atoms with Crippen molar-refractivity contribution in [3.05, 3.63) is 0 Å². The zero-order chi connectivity index (χ0) is 12.9. The largest absolute Gasteiger partial charge is 0.481 e. The Kier molecular flexibility index (Phi) is 5.54. The number of halogens is 3. The van der Waals surface area contributed by atoms with Gasteiger partial charge in [-0.1, -0.05) is 0 Å². The maximum Gasteiger partial charge on any atom is 0.441 e. The van der Waals surface area contributed by atoms with Crippen molar-refractivity contribution in [2.45, 2.75) is 18.0 Å². The number of hydrogen-bond donors (Lipinski definition) is 1. The molecule has 0 saturated carbocycles. The van der Waals surface area contributed by atoms with Crippen LogP contribution in [0.1, 0.15) is 6.42 Å². The van der Waals surface area contributed by atoms with Crippen LogP contribution in [-0.4, -0.2) is 59.6 Å². The smallest absolute Gasteiger partial charge is 0.441 e. The minimum absolute atomic E-state index is 0.0384. The Bertz CT molecular complexity index is 262. The molecule has 8 heteroatoms. The Hall–Kier alpha value is -0.470. The molecule has 1 atom stereocenters. The number of carbonyl (C=O) groups is 1. The summed E-state index contributed by atoms with van der Waals surface area (Å²) in [6.07, 6.45) is -0.528. The van der Waals surface area contributed by atoms with Gasteiger partial charge in [0.25, 0.3) is 0 Å². The van der Waals surface area contributed by atoms with E-state index in [-0.39, 0.29) is 23.9 Å². The molecule has 0 amide bonds. The average Bonchev–Trinajstić information content (AvgIpc) is 2.15. The van der Waals surface area contributed by atoms with Crippen LogP contribution < -0.4 is 0 Å². The Morgan fingerprint density at radius 3 is 2.82 bits per heavy atom. The summed E-state index contributed by atoms with van der Waals surface area (Å²) in [7, 11) is 0. The van der Waals surface area contributed by atoms with E-state index in [1.807, 2.05) is 0 Å². The molecule has 0 aromatic heterocycles. The molecule has 1 unspecified atom stereocenters. The molecule has 1 heterocycles. The SMILES string of the molecule is O=C(O)CC1CN(CCSC(F)(F)F)CCO1. The predicted molar refractivity (Wildman–Crippen MR) is 56.9 cm³/mol. The highest BCUT2D eigenvalue weighted by Gasteiger charge is 2.29. The van der Waals surface area contributed by atoms with Crippen LogP contribution in [-0.2, 0) is 9.53 Å². The molecule has 0 bridgehead atoms. The third-order valence-corrected chi connectivity index (χ3v) is 3.01. The van der Waals surface area contributed by atoms with Gasteiger partial charge in [-0.2, -0.15) is 13.2 Å². The van der Waals surface area contributed by atoms with E-state index in [0.717, 1.165) is 0 Å². The average molecular weight is 273 g/mol. The molecule has 0 spiro atoms. The lowest BCUT2D eigenvalue weighted by Gasteiger charge is -2.32. The van der Waals surface area contributed by atoms with Crippen LogP contribution >= 0.6 is 11.8 Å². The van der Waals surface area contributed by atoms with Gasteiger partial charge in [0.2, 0.25) is 0 Å². The van der Waals surface area contributed by atoms with Gasteiger partial charge < -0.3 is 9.84 Å². The molecule has 4 nitrogen and oxygen atoms in total. The van der Waals surface area contributed by atoms with Gasteiger partial charge in [-0.25, -0.2) is 0 Å². The fraction of sp³-hybridized carbons (Fsp3) is 0.889. The zero-order valence-corrected chi connectivity index (χ0v) is 9.89. The molecule has 1 aliphatic rings. The number of aliphatic carboxylic acids is 1. The van der Waals surface area contributed by atoms with Gasteiger partial charge in [-0.3, -0.25) is 9.69 Å². The highest BCUT2D eigenvalue weighted by Crippen LogP contribution is 2.29. The van der Waals surface area contributed by atoms with Gasteiger partial charge in [-0.15, -0.1) is 0 Å². The molecule has 100 valence electrons. The molecule has 0 aromatic carbocycles. The van der Waals surface area contributed by atoms with Crippen LogP contribution in [0.3, 0.4) is 0 Å². The van der Waals surface area contributed by atoms with E-state index in [9.17, 15) is 18.0 Å². The highest BCUT2D eigenvalue weighted by molar-refractivity contribution is 8.00. The Balaban J connectivity index is 2.23. The standard InChI is InChI=1S/C9H14F3NO3S/c10-9(11,12)17-4-2-13-1-3-16-7(6-13)5-8(14)15/h7H,1-6H2,(H,14,15). The number of carboxylic acid groups (broad SMARTS) is 1. The molecule has 0 aromatic rings. The first-order valence-corrected chi connectivity index (χ1v) is 6.12. The topological polar surface area (TPSA) is 49.8 Å². The number of carboxylic acids is 1. The summed E-state index contributed by atoms with van der Waals surface area (Å²) in [5.41, 5.74) is -4.20. The fourth-order valence-electron chi connectivity index (χ4n) is 1.59. The lowest BCUT2D eigenvalue weighted by molar-refractivity contribution is -0.142. The number of thioether (sulfide) groups is 1. The molecule has 1 rings (SSSR count). The molecule has 0 aliphatic carbocycles. The van der Waals surface area contributed by atoms with Crippen LogP contribution in [0, 0.1) is 0 Å². The van der Waals surface area contributed by atoms with E-state index in [1.54, 1.807) is 4.90 Å². The van der Waals surface area contributed by atoms with Crippen molar-refractivity contribution in [2.24, 2.45) is 0 Å². The molecule has 17 heavy (non-hydrogen) atoms. The van der Waals surface area contributed by atoms with Gasteiger partial charge >= 0.3 is 11.5 Å². The summed E-state index contributed by atoms with van der Waals surface area (Å²) >= 11 is -0.0565. The summed E-state index contributed by atoms with van der Waals surface area (Å²) in [4.78, 5) is 12.3. The van der Waals surface area contributed by atoms with Crippen molar-refractivity contribution in [2.75, 3.05) is 32.0 Å². The number of nitrogens with zero attached hydrogens (tertiary/aromatic N) is 1. The number of ether oxygens (including phenoxy) is 1. The molecular formula is C9H14F3NO3S. The lowest BCUT2D eigenvalue weighted by atomic mass is 10.2. The molecule has 1 aliphatic heterocycles. The summed E-state index contributed by atoms with van der Waals surface area (Å²) in [6, 6.07) is 0. The van der Waals surface area contributed by atoms with Crippen LogP contribution in [0.4, 0.5) is 13.2 Å². The Morgan fingerprint density at radius 1 is 1.53 bits per heavy atom. The number of rotatable bonds is 5. The quantitative estimate of drug-likeness (QED) is 0.821. The van der Waals surface area contributed by atoms with Crippen molar-refractivity contribution in [1.29, 1.82) is 0 Å². The van der Waals surface area contributed by atoms with E-state index in [4.69, 9.17) is 9.84 Å². The summed E-state index contributed by atoms with van der Waals surface area (Å²) in [6.45, 7) is 1.59. The number of hydrogen-bond acceptors (Lipinski definition) is 4. The second kappa shape index (κ2) is 6.46. The van der Waals surface area contributed by atoms with Crippen LogP contribution in [0.5, 0.6) is 0 Å². The van der Waals surface area contributed by atoms with Crippen molar-refractivity contribution in [3.63, 3.8) is 0 Å². The first-order valence-electron chi connectivity index (χ1n) is 5.13. The van der Waals surface area contributed by atoms with E-state index in [2.05, 4.69) is 0 Å². The monoisotopic (exact) mass is 273 g/mol. The van der Waals surface area contributed by atoms with Gasteiger partial charge in [-0.05, 0) is 11.8 Å². The maximum absolute atomic E-state index is 11.9. The first-order chi connectivity index (χ1) is 7.87. The molecule has 1 N–H and O–H groups in total. The van der Waals surface area contributed by atoms with Gasteiger partial charge in [0.1, 0.15) is 0 Å². The number of morpholine rings is 1. The normalized spacial score (nSPS) is 22.6. The second-order valence-corrected chi connectivity index (χ2v) is 4.85. The third-order valence-electron chi connectivity index (χ3n) is 2.30. The van der Waals surface area contributed by atoms with Crippen molar-refractivity contribution in [3.8, 4) is 0 Å². The zero-order valence-electron chi connectivity index (χ0n) is 9.07. The fourth-order valence-corrected chi connectivity index (χ4v) is 2.17. The second-order valence-electron chi connectivity index (χ2n) is 3.69. The van der Waals surface area contributed by atoms with E-state index >= 15 is 0 Å². The maximum atomic E-state index is 11.9. The number of alkyl halides is 3. The molecule has 1 fully saturated rings. The van der Waals surface area contributed by atoms with Crippen LogP contribution in [0.25, 0.3) is 0 Å². The summed E-state index contributed by atoms with van der Waals surface area (Å²) < 4.78 is 40.9. The van der Waals surface area contributed by atoms with Crippen molar-refractivity contribution < 1.29 is 27.8 Å². The van der Waals surface area contributed by atoms with E-state index in [0.29, 0.717) is 26.2 Å². The van der Waals surface area contributed by atoms with Gasteiger partial charge in [0, 0.05) is 25.4 Å². The lowest BCUT2D eigenvalue weighted by Crippen LogP contribution is -2.44. The van der Waals surface area contributed by atoms with Crippen LogP contribution in [0.2, 0.25) is 0 Å². The minimum Gasteiger partial charge on any atom is -0.481 e. The van der Waals surface area contributed by atoms with Crippen molar-refractivity contribution >= 4 is 17.7 Å². The summed E-state index contributed by atoms with van der Waals surface area (Å²) in [5, 5.41) is 8.58. The highest BCUT2D eigenvalue weighted by atomic mass is 32.2. The van der Waals surface area contributed by atoms with Crippen LogP contribution in [0.15, 0.2) is 0 Å². The molecular weight excluding hydrogens is 259 g/mol. The third kappa shape index (κ3) is 6.75. The Morgan fingerprint density at radius 2 is 2.24 bits per heavy atom.